The van der Waals surface area contributed by atoms with E-state index in [1.807, 2.05) is 4.90 Å². The summed E-state index contributed by atoms with van der Waals surface area (Å²) in [5.74, 6) is 2.82. The molecule has 1 aliphatic heterocycles. The summed E-state index contributed by atoms with van der Waals surface area (Å²) in [5, 5.41) is 2.83. The lowest BCUT2D eigenvalue weighted by Crippen LogP contribution is -3.27. The average Bonchev–Trinajstić information content (AvgIpc) is 3.27. The highest BCUT2D eigenvalue weighted by Crippen LogP contribution is 2.42. The smallest absolute Gasteiger partial charge is 0.127 e. The third-order valence-corrected chi connectivity index (χ3v) is 6.95. The maximum atomic E-state index is 2.51. The van der Waals surface area contributed by atoms with Crippen LogP contribution >= 0.6 is 0 Å². The van der Waals surface area contributed by atoms with Gasteiger partial charge in [0.25, 0.3) is 0 Å². The predicted octanol–water partition coefficient (Wildman–Crippen LogP) is 1.34. The molecule has 2 aromatic rings. The van der Waals surface area contributed by atoms with Crippen LogP contribution < -0.4 is 9.80 Å². The molecule has 5 rings (SSSR count). The van der Waals surface area contributed by atoms with Gasteiger partial charge in [-0.05, 0) is 35.4 Å². The number of quaternary nitrogens is 2. The van der Waals surface area contributed by atoms with Crippen molar-refractivity contribution < 1.29 is 9.80 Å². The first-order chi connectivity index (χ1) is 12.3. The minimum Gasteiger partial charge on any atom is -0.325 e. The number of allylic oxidation sites excluding steroid dienone is 2. The second-order valence-electron chi connectivity index (χ2n) is 8.56. The Morgan fingerprint density at radius 2 is 1.60 bits per heavy atom. The fraction of sp³-hybridized carbons (Fsp3) is 0.478. The zero-order valence-electron chi connectivity index (χ0n) is 15.1. The van der Waals surface area contributed by atoms with Crippen LogP contribution in [-0.4, -0.2) is 32.7 Å². The Hall–Kier alpha value is -1.64. The zero-order valence-corrected chi connectivity index (χ0v) is 15.1. The molecule has 0 aromatic heterocycles. The summed E-state index contributed by atoms with van der Waals surface area (Å²) in [6.45, 7) is 7.98. The molecule has 0 unspecified atom stereocenters. The molecule has 2 aliphatic carbocycles. The molecule has 2 bridgehead atoms. The van der Waals surface area contributed by atoms with Gasteiger partial charge in [0.15, 0.2) is 0 Å². The van der Waals surface area contributed by atoms with Crippen LogP contribution in [0.15, 0.2) is 54.6 Å². The van der Waals surface area contributed by atoms with E-state index in [2.05, 4.69) is 54.6 Å². The first kappa shape index (κ1) is 15.6. The van der Waals surface area contributed by atoms with Crippen LogP contribution in [0.2, 0.25) is 0 Å². The summed E-state index contributed by atoms with van der Waals surface area (Å²) in [7, 11) is 0. The summed E-state index contributed by atoms with van der Waals surface area (Å²) in [6, 6.07) is 15.6. The summed E-state index contributed by atoms with van der Waals surface area (Å²) in [4.78, 5) is 3.64. The lowest BCUT2D eigenvalue weighted by Gasteiger charge is -2.32. The van der Waals surface area contributed by atoms with Gasteiger partial charge in [-0.15, -0.1) is 0 Å². The lowest BCUT2D eigenvalue weighted by atomic mass is 9.93. The van der Waals surface area contributed by atoms with Gasteiger partial charge in [0.2, 0.25) is 0 Å². The van der Waals surface area contributed by atoms with Crippen LogP contribution in [-0.2, 0) is 6.54 Å². The van der Waals surface area contributed by atoms with Crippen LogP contribution in [0.25, 0.3) is 10.8 Å². The van der Waals surface area contributed by atoms with Crippen molar-refractivity contribution in [3.8, 4) is 0 Å². The Bertz CT molecular complexity index is 767. The van der Waals surface area contributed by atoms with Crippen LogP contribution in [0.1, 0.15) is 18.4 Å². The van der Waals surface area contributed by atoms with E-state index in [0.717, 1.165) is 17.8 Å². The normalized spacial score (nSPS) is 34.0. The standard InChI is InChI=1S/C23H28N2/c1-2-7-23-19(4-1)5-3-6-21(23)16-24-10-12-25(13-11-24)17-22-15-18-8-9-20(22)14-18/h1-9,18,20,22H,10-17H2/p+2/t18-,20+,22+/m1/s1. The van der Waals surface area contributed by atoms with E-state index in [-0.39, 0.29) is 0 Å². The number of piperazine rings is 1. The van der Waals surface area contributed by atoms with Gasteiger partial charge in [0.1, 0.15) is 32.7 Å². The molecule has 2 N–H and O–H groups in total. The Balaban J connectivity index is 1.18. The van der Waals surface area contributed by atoms with E-state index in [4.69, 9.17) is 0 Å². The van der Waals surface area contributed by atoms with Gasteiger partial charge in [-0.25, -0.2) is 0 Å². The van der Waals surface area contributed by atoms with Crippen LogP contribution in [0.4, 0.5) is 0 Å². The molecule has 2 nitrogen and oxygen atoms in total. The lowest BCUT2D eigenvalue weighted by molar-refractivity contribution is -1.02. The van der Waals surface area contributed by atoms with Crippen molar-refractivity contribution in [2.24, 2.45) is 17.8 Å². The van der Waals surface area contributed by atoms with Gasteiger partial charge < -0.3 is 9.80 Å². The Labute approximate surface area is 151 Å². The number of benzene rings is 2. The van der Waals surface area contributed by atoms with Crippen molar-refractivity contribution in [1.82, 2.24) is 0 Å². The van der Waals surface area contributed by atoms with Crippen molar-refractivity contribution in [3.05, 3.63) is 60.2 Å². The van der Waals surface area contributed by atoms with Gasteiger partial charge in [-0.3, -0.25) is 0 Å². The second kappa shape index (κ2) is 6.59. The highest BCUT2D eigenvalue weighted by atomic mass is 15.3. The molecule has 2 fully saturated rings. The molecule has 3 atom stereocenters. The highest BCUT2D eigenvalue weighted by molar-refractivity contribution is 5.85. The summed E-state index contributed by atoms with van der Waals surface area (Å²) >= 11 is 0. The van der Waals surface area contributed by atoms with Gasteiger partial charge in [0, 0.05) is 11.5 Å². The van der Waals surface area contributed by atoms with Crippen LogP contribution in [0, 0.1) is 17.8 Å². The molecular formula is C23H30N2+2. The minimum absolute atomic E-state index is 0.915. The maximum absolute atomic E-state index is 2.51. The van der Waals surface area contributed by atoms with E-state index in [0.29, 0.717) is 0 Å². The molecule has 0 spiro atoms. The van der Waals surface area contributed by atoms with Crippen LogP contribution in [0.5, 0.6) is 0 Å². The highest BCUT2D eigenvalue weighted by Gasteiger charge is 2.38. The fourth-order valence-corrected chi connectivity index (χ4v) is 5.55. The Kier molecular flexibility index (Phi) is 4.11. The SMILES string of the molecule is C1=C[C@H]2C[C@@H]1C[C@H]2C[NH+]1CC[NH+](Cc2cccc3ccccc23)CC1. The van der Waals surface area contributed by atoms with Crippen molar-refractivity contribution >= 4 is 10.8 Å². The monoisotopic (exact) mass is 334 g/mol. The molecular weight excluding hydrogens is 304 g/mol. The van der Waals surface area contributed by atoms with Crippen molar-refractivity contribution in [1.29, 1.82) is 0 Å². The van der Waals surface area contributed by atoms with E-state index in [1.54, 1.807) is 4.90 Å². The topological polar surface area (TPSA) is 8.88 Å². The number of rotatable bonds is 4. The van der Waals surface area contributed by atoms with Gasteiger partial charge >= 0.3 is 0 Å². The predicted molar refractivity (Wildman–Crippen MR) is 103 cm³/mol. The summed E-state index contributed by atoms with van der Waals surface area (Å²) in [6.07, 6.45) is 7.91. The molecule has 0 amide bonds. The van der Waals surface area contributed by atoms with Crippen molar-refractivity contribution in [2.75, 3.05) is 32.7 Å². The van der Waals surface area contributed by atoms with Crippen molar-refractivity contribution in [3.63, 3.8) is 0 Å². The van der Waals surface area contributed by atoms with E-state index in [1.165, 1.54) is 68.4 Å². The van der Waals surface area contributed by atoms with Gasteiger partial charge in [-0.2, -0.15) is 0 Å². The first-order valence-electron chi connectivity index (χ1n) is 10.2. The summed E-state index contributed by atoms with van der Waals surface area (Å²) in [5.41, 5.74) is 1.52. The van der Waals surface area contributed by atoms with E-state index < -0.39 is 0 Å². The molecule has 1 saturated heterocycles. The maximum Gasteiger partial charge on any atom is 0.127 e. The fourth-order valence-electron chi connectivity index (χ4n) is 5.55. The molecule has 2 aromatic carbocycles. The molecule has 2 heteroatoms. The second-order valence-corrected chi connectivity index (χ2v) is 8.56. The van der Waals surface area contributed by atoms with E-state index >= 15 is 0 Å². The summed E-state index contributed by atoms with van der Waals surface area (Å²) < 4.78 is 0. The molecule has 0 radical (unpaired) electrons. The number of fused-ring (bicyclic) bond motifs is 3. The largest absolute Gasteiger partial charge is 0.325 e. The van der Waals surface area contributed by atoms with Gasteiger partial charge in [-0.1, -0.05) is 54.6 Å². The number of hydrogen-bond acceptors (Lipinski definition) is 0. The van der Waals surface area contributed by atoms with Gasteiger partial charge in [0.05, 0.1) is 6.54 Å². The zero-order chi connectivity index (χ0) is 16.6. The molecule has 3 aliphatic rings. The van der Waals surface area contributed by atoms with Crippen molar-refractivity contribution in [2.45, 2.75) is 19.4 Å². The Morgan fingerprint density at radius 3 is 2.40 bits per heavy atom. The van der Waals surface area contributed by atoms with Crippen LogP contribution in [0.3, 0.4) is 0 Å². The quantitative estimate of drug-likeness (QED) is 0.781. The Morgan fingerprint density at radius 1 is 0.800 bits per heavy atom. The number of hydrogen-bond donors (Lipinski definition) is 2. The molecule has 25 heavy (non-hydrogen) atoms. The molecule has 1 heterocycles. The molecule has 1 saturated carbocycles. The molecule has 130 valence electrons. The first-order valence-corrected chi connectivity index (χ1v) is 10.2. The minimum atomic E-state index is 0.915. The third kappa shape index (κ3) is 3.14. The number of nitrogens with one attached hydrogen (secondary N) is 2. The van der Waals surface area contributed by atoms with E-state index in [9.17, 15) is 0 Å². The average molecular weight is 335 g/mol. The third-order valence-electron chi connectivity index (χ3n) is 6.95.